The Kier molecular flexibility index (Phi) is 5.59. The second-order valence-electron chi connectivity index (χ2n) is 4.97. The first-order chi connectivity index (χ1) is 8.55. The first-order valence-electron chi connectivity index (χ1n) is 6.59. The van der Waals surface area contributed by atoms with Gasteiger partial charge in [0.2, 0.25) is 5.91 Å². The van der Waals surface area contributed by atoms with Crippen LogP contribution in [0.3, 0.4) is 0 Å². The van der Waals surface area contributed by atoms with Crippen LogP contribution in [0.25, 0.3) is 0 Å². The SMILES string of the molecule is CCC1(C(=O)N(C)CCCC(=O)OC)CCNC1. The van der Waals surface area contributed by atoms with Gasteiger partial charge in [-0.1, -0.05) is 6.92 Å². The summed E-state index contributed by atoms with van der Waals surface area (Å²) >= 11 is 0. The van der Waals surface area contributed by atoms with Crippen LogP contribution in [0.4, 0.5) is 0 Å². The quantitative estimate of drug-likeness (QED) is 0.714. The van der Waals surface area contributed by atoms with Crippen LogP contribution in [0.5, 0.6) is 0 Å². The highest BCUT2D eigenvalue weighted by Crippen LogP contribution is 2.31. The van der Waals surface area contributed by atoms with Crippen molar-refractivity contribution in [3.8, 4) is 0 Å². The van der Waals surface area contributed by atoms with Gasteiger partial charge in [-0.05, 0) is 25.8 Å². The van der Waals surface area contributed by atoms with Crippen molar-refractivity contribution >= 4 is 11.9 Å². The number of methoxy groups -OCH3 is 1. The molecular weight excluding hydrogens is 232 g/mol. The summed E-state index contributed by atoms with van der Waals surface area (Å²) in [5.41, 5.74) is -0.236. The van der Waals surface area contributed by atoms with Crippen LogP contribution in [0.15, 0.2) is 0 Å². The minimum absolute atomic E-state index is 0.194. The Hall–Kier alpha value is -1.10. The molecule has 0 spiro atoms. The molecule has 5 heteroatoms. The van der Waals surface area contributed by atoms with Gasteiger partial charge in [0.1, 0.15) is 0 Å². The Morgan fingerprint density at radius 3 is 2.67 bits per heavy atom. The van der Waals surface area contributed by atoms with E-state index < -0.39 is 0 Å². The number of nitrogens with zero attached hydrogens (tertiary/aromatic N) is 1. The molecule has 0 aromatic carbocycles. The molecule has 1 unspecified atom stereocenters. The lowest BCUT2D eigenvalue weighted by Crippen LogP contribution is -2.43. The molecule has 0 aromatic rings. The maximum atomic E-state index is 12.4. The van der Waals surface area contributed by atoms with Crippen molar-refractivity contribution in [2.75, 3.05) is 33.8 Å². The van der Waals surface area contributed by atoms with Gasteiger partial charge in [-0.2, -0.15) is 0 Å². The van der Waals surface area contributed by atoms with Gasteiger partial charge in [0.15, 0.2) is 0 Å². The van der Waals surface area contributed by atoms with Gasteiger partial charge < -0.3 is 15.0 Å². The first kappa shape index (κ1) is 15.0. The largest absolute Gasteiger partial charge is 0.469 e. The average Bonchev–Trinajstić information content (AvgIpc) is 2.87. The van der Waals surface area contributed by atoms with Crippen LogP contribution < -0.4 is 5.32 Å². The lowest BCUT2D eigenvalue weighted by atomic mass is 9.83. The number of rotatable bonds is 6. The van der Waals surface area contributed by atoms with Crippen LogP contribution in [0.1, 0.15) is 32.6 Å². The summed E-state index contributed by atoms with van der Waals surface area (Å²) in [6.07, 6.45) is 2.79. The van der Waals surface area contributed by atoms with E-state index in [2.05, 4.69) is 17.0 Å². The molecule has 0 aliphatic carbocycles. The van der Waals surface area contributed by atoms with Gasteiger partial charge in [-0.3, -0.25) is 9.59 Å². The summed E-state index contributed by atoms with van der Waals surface area (Å²) in [6.45, 7) is 4.35. The van der Waals surface area contributed by atoms with E-state index in [0.717, 1.165) is 25.9 Å². The molecule has 1 heterocycles. The minimum Gasteiger partial charge on any atom is -0.469 e. The Labute approximate surface area is 109 Å². The van der Waals surface area contributed by atoms with E-state index in [9.17, 15) is 9.59 Å². The van der Waals surface area contributed by atoms with Gasteiger partial charge in [0.25, 0.3) is 0 Å². The Morgan fingerprint density at radius 2 is 2.17 bits per heavy atom. The summed E-state index contributed by atoms with van der Waals surface area (Å²) in [7, 11) is 3.20. The van der Waals surface area contributed by atoms with Crippen LogP contribution in [-0.2, 0) is 14.3 Å². The molecule has 1 amide bonds. The topological polar surface area (TPSA) is 58.6 Å². The van der Waals surface area contributed by atoms with Gasteiger partial charge in [0, 0.05) is 26.6 Å². The average molecular weight is 256 g/mol. The van der Waals surface area contributed by atoms with Crippen molar-refractivity contribution in [2.24, 2.45) is 5.41 Å². The molecule has 0 saturated carbocycles. The molecule has 1 rings (SSSR count). The normalized spacial score (nSPS) is 22.8. The molecule has 1 aliphatic rings. The molecule has 1 N–H and O–H groups in total. The summed E-state index contributed by atoms with van der Waals surface area (Å²) in [4.78, 5) is 25.2. The number of hydrogen-bond donors (Lipinski definition) is 1. The zero-order valence-electron chi connectivity index (χ0n) is 11.6. The van der Waals surface area contributed by atoms with E-state index in [-0.39, 0.29) is 17.3 Å². The lowest BCUT2D eigenvalue weighted by Gasteiger charge is -2.30. The third-order valence-corrected chi connectivity index (χ3v) is 3.82. The molecule has 104 valence electrons. The van der Waals surface area contributed by atoms with Crippen LogP contribution in [0.2, 0.25) is 0 Å². The zero-order valence-corrected chi connectivity index (χ0v) is 11.6. The van der Waals surface area contributed by atoms with Crippen LogP contribution in [0, 0.1) is 5.41 Å². The number of ether oxygens (including phenoxy) is 1. The van der Waals surface area contributed by atoms with Crippen molar-refractivity contribution < 1.29 is 14.3 Å². The van der Waals surface area contributed by atoms with Crippen LogP contribution in [-0.4, -0.2) is 50.6 Å². The number of amides is 1. The predicted molar refractivity (Wildman–Crippen MR) is 69.1 cm³/mol. The number of hydrogen-bond acceptors (Lipinski definition) is 4. The number of esters is 1. The molecule has 18 heavy (non-hydrogen) atoms. The number of nitrogens with one attached hydrogen (secondary N) is 1. The molecule has 0 bridgehead atoms. The van der Waals surface area contributed by atoms with Crippen molar-refractivity contribution in [1.82, 2.24) is 10.2 Å². The highest BCUT2D eigenvalue weighted by molar-refractivity contribution is 5.83. The van der Waals surface area contributed by atoms with Gasteiger partial charge >= 0.3 is 5.97 Å². The number of carbonyl (C=O) groups excluding carboxylic acids is 2. The smallest absolute Gasteiger partial charge is 0.305 e. The highest BCUT2D eigenvalue weighted by Gasteiger charge is 2.40. The van der Waals surface area contributed by atoms with Crippen molar-refractivity contribution in [3.63, 3.8) is 0 Å². The van der Waals surface area contributed by atoms with E-state index >= 15 is 0 Å². The fourth-order valence-corrected chi connectivity index (χ4v) is 2.45. The summed E-state index contributed by atoms with van der Waals surface area (Å²) in [5.74, 6) is -0.0246. The first-order valence-corrected chi connectivity index (χ1v) is 6.59. The maximum absolute atomic E-state index is 12.4. The fraction of sp³-hybridized carbons (Fsp3) is 0.846. The second kappa shape index (κ2) is 6.73. The van der Waals surface area contributed by atoms with E-state index in [1.165, 1.54) is 7.11 Å². The van der Waals surface area contributed by atoms with Crippen molar-refractivity contribution in [1.29, 1.82) is 0 Å². The molecule has 1 saturated heterocycles. The lowest BCUT2D eigenvalue weighted by molar-refractivity contribution is -0.143. The molecule has 1 atom stereocenters. The van der Waals surface area contributed by atoms with Crippen molar-refractivity contribution in [3.05, 3.63) is 0 Å². The third kappa shape index (κ3) is 3.45. The molecule has 1 fully saturated rings. The van der Waals surface area contributed by atoms with E-state index in [4.69, 9.17) is 0 Å². The fourth-order valence-electron chi connectivity index (χ4n) is 2.45. The standard InChI is InChI=1S/C13H24N2O3/c1-4-13(7-8-14-10-13)12(17)15(2)9-5-6-11(16)18-3/h14H,4-10H2,1-3H3. The third-order valence-electron chi connectivity index (χ3n) is 3.82. The molecule has 0 aromatic heterocycles. The highest BCUT2D eigenvalue weighted by atomic mass is 16.5. The molecule has 0 radical (unpaired) electrons. The monoisotopic (exact) mass is 256 g/mol. The Morgan fingerprint density at radius 1 is 1.44 bits per heavy atom. The second-order valence-corrected chi connectivity index (χ2v) is 4.97. The van der Waals surface area contributed by atoms with Crippen molar-refractivity contribution in [2.45, 2.75) is 32.6 Å². The number of carbonyl (C=O) groups is 2. The summed E-state index contributed by atoms with van der Waals surface area (Å²) in [6, 6.07) is 0. The molecule has 1 aliphatic heterocycles. The van der Waals surface area contributed by atoms with E-state index in [0.29, 0.717) is 19.4 Å². The molecular formula is C13H24N2O3. The molecule has 5 nitrogen and oxygen atoms in total. The summed E-state index contributed by atoms with van der Waals surface area (Å²) < 4.78 is 4.58. The summed E-state index contributed by atoms with van der Waals surface area (Å²) in [5, 5.41) is 3.26. The van der Waals surface area contributed by atoms with Crippen LogP contribution >= 0.6 is 0 Å². The van der Waals surface area contributed by atoms with Gasteiger partial charge in [0.05, 0.1) is 12.5 Å². The zero-order chi connectivity index (χ0) is 13.6. The van der Waals surface area contributed by atoms with E-state index in [1.54, 1.807) is 4.90 Å². The minimum atomic E-state index is -0.236. The van der Waals surface area contributed by atoms with Gasteiger partial charge in [-0.25, -0.2) is 0 Å². The Bertz CT molecular complexity index is 299. The van der Waals surface area contributed by atoms with Gasteiger partial charge in [-0.15, -0.1) is 0 Å². The van der Waals surface area contributed by atoms with E-state index in [1.807, 2.05) is 7.05 Å². The Balaban J connectivity index is 2.43. The predicted octanol–water partition coefficient (Wildman–Crippen LogP) is 0.788. The maximum Gasteiger partial charge on any atom is 0.305 e.